The first kappa shape index (κ1) is 13.8. The van der Waals surface area contributed by atoms with Crippen molar-refractivity contribution in [1.29, 1.82) is 0 Å². The Bertz CT molecular complexity index is 416. The molecule has 4 nitrogen and oxygen atoms in total. The molecule has 0 spiro atoms. The summed E-state index contributed by atoms with van der Waals surface area (Å²) in [6.07, 6.45) is 1.51. The number of ether oxygens (including phenoxy) is 3. The summed E-state index contributed by atoms with van der Waals surface area (Å²) >= 11 is 0. The fourth-order valence-electron chi connectivity index (χ4n) is 1.81. The minimum Gasteiger partial charge on any atom is -0.493 e. The molecule has 1 aromatic carbocycles. The van der Waals surface area contributed by atoms with E-state index in [-0.39, 0.29) is 17.9 Å². The van der Waals surface area contributed by atoms with E-state index in [4.69, 9.17) is 14.2 Å². The number of rotatable bonds is 6. The summed E-state index contributed by atoms with van der Waals surface area (Å²) in [5.41, 5.74) is 0. The summed E-state index contributed by atoms with van der Waals surface area (Å²) in [6, 6.07) is 5.93. The molecule has 5 heteroatoms. The molecule has 1 aliphatic rings. The Balaban J connectivity index is 1.59. The lowest BCUT2D eigenvalue weighted by Crippen LogP contribution is -2.18. The van der Waals surface area contributed by atoms with Crippen LogP contribution in [0.1, 0.15) is 19.3 Å². The zero-order chi connectivity index (χ0) is 13.5. The second-order valence-corrected chi connectivity index (χ2v) is 4.38. The predicted octanol–water partition coefficient (Wildman–Crippen LogP) is 2.32. The molecule has 0 unspecified atom stereocenters. The molecule has 0 saturated carbocycles. The lowest BCUT2D eigenvalue weighted by atomic mass is 10.3. The fourth-order valence-corrected chi connectivity index (χ4v) is 1.81. The van der Waals surface area contributed by atoms with Gasteiger partial charge in [0.15, 0.2) is 0 Å². The number of benzene rings is 1. The summed E-state index contributed by atoms with van der Waals surface area (Å²) < 4.78 is 28.5. The van der Waals surface area contributed by atoms with Crippen molar-refractivity contribution in [2.24, 2.45) is 0 Å². The van der Waals surface area contributed by atoms with Crippen molar-refractivity contribution in [2.75, 3.05) is 19.8 Å². The van der Waals surface area contributed by atoms with Crippen molar-refractivity contribution in [3.63, 3.8) is 0 Å². The topological polar surface area (TPSA) is 44.8 Å². The van der Waals surface area contributed by atoms with Crippen LogP contribution in [0.5, 0.6) is 5.75 Å². The Morgan fingerprint density at radius 1 is 1.47 bits per heavy atom. The van der Waals surface area contributed by atoms with E-state index in [1.54, 1.807) is 12.1 Å². The molecule has 1 atom stereocenters. The van der Waals surface area contributed by atoms with E-state index in [0.717, 1.165) is 6.42 Å². The van der Waals surface area contributed by atoms with Crippen LogP contribution in [0.4, 0.5) is 4.39 Å². The third kappa shape index (κ3) is 4.87. The predicted molar refractivity (Wildman–Crippen MR) is 66.4 cm³/mol. The highest BCUT2D eigenvalue weighted by atomic mass is 19.1. The number of halogens is 1. The molecule has 0 aliphatic carbocycles. The first-order valence-corrected chi connectivity index (χ1v) is 6.39. The maximum absolute atomic E-state index is 12.9. The van der Waals surface area contributed by atoms with Crippen molar-refractivity contribution in [2.45, 2.75) is 25.4 Å². The molecule has 1 fully saturated rings. The van der Waals surface area contributed by atoms with Crippen LogP contribution in [-0.2, 0) is 14.3 Å². The summed E-state index contributed by atoms with van der Waals surface area (Å²) in [7, 11) is 0. The summed E-state index contributed by atoms with van der Waals surface area (Å²) in [4.78, 5) is 11.5. The molecule has 0 N–H and O–H groups in total. The molecule has 0 bridgehead atoms. The van der Waals surface area contributed by atoms with Gasteiger partial charge in [0.25, 0.3) is 0 Å². The van der Waals surface area contributed by atoms with Crippen LogP contribution in [0.15, 0.2) is 24.3 Å². The molecule has 0 amide bonds. The van der Waals surface area contributed by atoms with Gasteiger partial charge in [0, 0.05) is 18.9 Å². The van der Waals surface area contributed by atoms with Gasteiger partial charge in [0.1, 0.15) is 17.7 Å². The quantitative estimate of drug-likeness (QED) is 0.586. The zero-order valence-corrected chi connectivity index (χ0v) is 10.6. The number of carbonyl (C=O) groups excluding carboxylic acids is 1. The lowest BCUT2D eigenvalue weighted by molar-refractivity contribution is -0.149. The largest absolute Gasteiger partial charge is 0.493 e. The molecule has 1 aromatic rings. The maximum atomic E-state index is 12.9. The van der Waals surface area contributed by atoms with Gasteiger partial charge in [0.2, 0.25) is 0 Å². The van der Waals surface area contributed by atoms with Gasteiger partial charge in [-0.3, -0.25) is 4.79 Å². The highest BCUT2D eigenvalue weighted by Gasteiger charge is 2.19. The normalized spacial score (nSPS) is 18.3. The van der Waals surface area contributed by atoms with E-state index >= 15 is 0 Å². The standard InChI is InChI=1S/C14H17FO4/c15-11-3-1-4-12(9-11)18-7-2-5-14(16)19-13-6-8-17-10-13/h1,3-4,9,13H,2,5-8,10H2/t13-/m0/s1. The molecule has 0 radical (unpaired) electrons. The van der Waals surface area contributed by atoms with Gasteiger partial charge in [-0.15, -0.1) is 0 Å². The van der Waals surface area contributed by atoms with Crippen molar-refractivity contribution in [3.05, 3.63) is 30.1 Å². The van der Waals surface area contributed by atoms with E-state index in [0.29, 0.717) is 38.4 Å². The van der Waals surface area contributed by atoms with Crippen LogP contribution in [0.3, 0.4) is 0 Å². The second-order valence-electron chi connectivity index (χ2n) is 4.38. The molecule has 2 rings (SSSR count). The number of carbonyl (C=O) groups is 1. The van der Waals surface area contributed by atoms with Crippen molar-refractivity contribution in [1.82, 2.24) is 0 Å². The average molecular weight is 268 g/mol. The first-order chi connectivity index (χ1) is 9.24. The lowest BCUT2D eigenvalue weighted by Gasteiger charge is -2.10. The van der Waals surface area contributed by atoms with Crippen LogP contribution < -0.4 is 4.74 Å². The van der Waals surface area contributed by atoms with E-state index < -0.39 is 0 Å². The molecule has 1 heterocycles. The Morgan fingerprint density at radius 3 is 3.11 bits per heavy atom. The van der Waals surface area contributed by atoms with E-state index in [1.165, 1.54) is 12.1 Å². The molecular weight excluding hydrogens is 251 g/mol. The minimum atomic E-state index is -0.335. The molecule has 1 saturated heterocycles. The van der Waals surface area contributed by atoms with Gasteiger partial charge >= 0.3 is 5.97 Å². The minimum absolute atomic E-state index is 0.100. The van der Waals surface area contributed by atoms with Crippen molar-refractivity contribution < 1.29 is 23.4 Å². The van der Waals surface area contributed by atoms with Crippen LogP contribution in [0.25, 0.3) is 0 Å². The summed E-state index contributed by atoms with van der Waals surface area (Å²) in [6.45, 7) is 1.51. The molecule has 1 aliphatic heterocycles. The van der Waals surface area contributed by atoms with Crippen LogP contribution in [-0.4, -0.2) is 31.9 Å². The van der Waals surface area contributed by atoms with E-state index in [2.05, 4.69) is 0 Å². The molecular formula is C14H17FO4. The Hall–Kier alpha value is -1.62. The van der Waals surface area contributed by atoms with Crippen LogP contribution in [0.2, 0.25) is 0 Å². The van der Waals surface area contributed by atoms with Gasteiger partial charge in [-0.2, -0.15) is 0 Å². The molecule has 104 valence electrons. The van der Waals surface area contributed by atoms with Gasteiger partial charge in [0.05, 0.1) is 19.8 Å². The van der Waals surface area contributed by atoms with Gasteiger partial charge < -0.3 is 14.2 Å². The van der Waals surface area contributed by atoms with E-state index in [1.807, 2.05) is 0 Å². The number of hydrogen-bond acceptors (Lipinski definition) is 4. The average Bonchev–Trinajstić information content (AvgIpc) is 2.87. The SMILES string of the molecule is O=C(CCCOc1cccc(F)c1)O[C@H]1CCOC1. The van der Waals surface area contributed by atoms with Gasteiger partial charge in [-0.1, -0.05) is 6.07 Å². The number of esters is 1. The molecule has 0 aromatic heterocycles. The Morgan fingerprint density at radius 2 is 2.37 bits per heavy atom. The van der Waals surface area contributed by atoms with Gasteiger partial charge in [-0.25, -0.2) is 4.39 Å². The third-order valence-electron chi connectivity index (χ3n) is 2.78. The summed E-state index contributed by atoms with van der Waals surface area (Å²) in [5, 5.41) is 0. The van der Waals surface area contributed by atoms with Crippen LogP contribution >= 0.6 is 0 Å². The molecule has 19 heavy (non-hydrogen) atoms. The number of hydrogen-bond donors (Lipinski definition) is 0. The first-order valence-electron chi connectivity index (χ1n) is 6.39. The monoisotopic (exact) mass is 268 g/mol. The van der Waals surface area contributed by atoms with Crippen LogP contribution in [0, 0.1) is 5.82 Å². The highest BCUT2D eigenvalue weighted by molar-refractivity contribution is 5.69. The highest BCUT2D eigenvalue weighted by Crippen LogP contribution is 2.13. The zero-order valence-electron chi connectivity index (χ0n) is 10.6. The fraction of sp³-hybridized carbons (Fsp3) is 0.500. The van der Waals surface area contributed by atoms with E-state index in [9.17, 15) is 9.18 Å². The summed E-state index contributed by atoms with van der Waals surface area (Å²) in [5.74, 6) is -0.103. The smallest absolute Gasteiger partial charge is 0.306 e. The third-order valence-corrected chi connectivity index (χ3v) is 2.78. The Kier molecular flexibility index (Phi) is 5.15. The second kappa shape index (κ2) is 7.09. The Labute approximate surface area is 111 Å². The van der Waals surface area contributed by atoms with Crippen molar-refractivity contribution >= 4 is 5.97 Å². The maximum Gasteiger partial charge on any atom is 0.306 e. The van der Waals surface area contributed by atoms with Crippen molar-refractivity contribution in [3.8, 4) is 5.75 Å². The van der Waals surface area contributed by atoms with Gasteiger partial charge in [-0.05, 0) is 18.6 Å².